The number of benzene rings is 2. The predicted molar refractivity (Wildman–Crippen MR) is 107 cm³/mol. The number of nitriles is 1. The Kier molecular flexibility index (Phi) is 6.44. The van der Waals surface area contributed by atoms with Crippen molar-refractivity contribution in [3.8, 4) is 6.07 Å². The van der Waals surface area contributed by atoms with E-state index in [1.807, 2.05) is 65.6 Å². The standard InChI is InChI=1S/C23H25N3O2/c1-17(14-24)15-25-23(28)20-12-13-21(27)26(16-18-8-4-2-5-9-18)22(20)19-10-6-3-7-11-19/h2-11,17,20,22H,12-13,15-16H2,1H3,(H,25,28). The summed E-state index contributed by atoms with van der Waals surface area (Å²) in [5.74, 6) is -0.617. The third kappa shape index (κ3) is 4.58. The van der Waals surface area contributed by atoms with Crippen LogP contribution in [-0.4, -0.2) is 23.3 Å². The van der Waals surface area contributed by atoms with E-state index in [0.717, 1.165) is 11.1 Å². The highest BCUT2D eigenvalue weighted by Gasteiger charge is 2.40. The summed E-state index contributed by atoms with van der Waals surface area (Å²) in [6.45, 7) is 2.57. The highest BCUT2D eigenvalue weighted by atomic mass is 16.2. The first-order chi connectivity index (χ1) is 13.6. The Morgan fingerprint density at radius 3 is 2.46 bits per heavy atom. The van der Waals surface area contributed by atoms with Crippen molar-refractivity contribution in [3.05, 3.63) is 71.8 Å². The number of carbonyl (C=O) groups is 2. The second-order valence-electron chi connectivity index (χ2n) is 7.28. The molecule has 5 heteroatoms. The molecule has 0 bridgehead atoms. The van der Waals surface area contributed by atoms with Gasteiger partial charge in [0.1, 0.15) is 0 Å². The molecular weight excluding hydrogens is 350 g/mol. The minimum absolute atomic E-state index is 0.0622. The second-order valence-corrected chi connectivity index (χ2v) is 7.28. The van der Waals surface area contributed by atoms with E-state index in [0.29, 0.717) is 25.9 Å². The maximum absolute atomic E-state index is 12.9. The molecule has 1 fully saturated rings. The van der Waals surface area contributed by atoms with Crippen molar-refractivity contribution in [2.75, 3.05) is 6.54 Å². The number of likely N-dealkylation sites (tertiary alicyclic amines) is 1. The molecule has 3 unspecified atom stereocenters. The highest BCUT2D eigenvalue weighted by Crippen LogP contribution is 2.37. The zero-order valence-corrected chi connectivity index (χ0v) is 16.0. The summed E-state index contributed by atoms with van der Waals surface area (Å²) >= 11 is 0. The Morgan fingerprint density at radius 2 is 1.82 bits per heavy atom. The molecule has 3 rings (SSSR count). The molecule has 2 amide bonds. The first kappa shape index (κ1) is 19.6. The van der Waals surface area contributed by atoms with Gasteiger partial charge >= 0.3 is 0 Å². The summed E-state index contributed by atoms with van der Waals surface area (Å²) in [5, 5.41) is 11.9. The van der Waals surface area contributed by atoms with Crippen LogP contribution >= 0.6 is 0 Å². The monoisotopic (exact) mass is 375 g/mol. The van der Waals surface area contributed by atoms with Crippen LogP contribution in [0.1, 0.15) is 36.9 Å². The van der Waals surface area contributed by atoms with E-state index in [1.165, 1.54) is 0 Å². The molecule has 0 radical (unpaired) electrons. The van der Waals surface area contributed by atoms with Crippen molar-refractivity contribution in [3.63, 3.8) is 0 Å². The Labute approximate surface area is 166 Å². The van der Waals surface area contributed by atoms with E-state index in [-0.39, 0.29) is 29.7 Å². The number of piperidine rings is 1. The summed E-state index contributed by atoms with van der Waals surface area (Å²) in [4.78, 5) is 27.6. The van der Waals surface area contributed by atoms with Crippen molar-refractivity contribution in [2.45, 2.75) is 32.4 Å². The van der Waals surface area contributed by atoms with E-state index in [9.17, 15) is 9.59 Å². The fourth-order valence-corrected chi connectivity index (χ4v) is 3.69. The van der Waals surface area contributed by atoms with Crippen LogP contribution in [0.25, 0.3) is 0 Å². The lowest BCUT2D eigenvalue weighted by Crippen LogP contribution is -2.48. The van der Waals surface area contributed by atoms with E-state index < -0.39 is 0 Å². The molecule has 0 spiro atoms. The summed E-state index contributed by atoms with van der Waals surface area (Å²) < 4.78 is 0. The molecule has 1 saturated heterocycles. The van der Waals surface area contributed by atoms with Gasteiger partial charge in [0, 0.05) is 19.5 Å². The van der Waals surface area contributed by atoms with Crippen molar-refractivity contribution in [1.29, 1.82) is 5.26 Å². The van der Waals surface area contributed by atoms with Crippen molar-refractivity contribution in [1.82, 2.24) is 10.2 Å². The number of rotatable bonds is 6. The minimum Gasteiger partial charge on any atom is -0.354 e. The highest BCUT2D eigenvalue weighted by molar-refractivity contribution is 5.85. The minimum atomic E-state index is -0.338. The normalized spacial score (nSPS) is 20.3. The SMILES string of the molecule is CC(C#N)CNC(=O)C1CCC(=O)N(Cc2ccccc2)C1c1ccccc1. The Morgan fingerprint density at radius 1 is 1.18 bits per heavy atom. The number of carbonyl (C=O) groups excluding carboxylic acids is 2. The van der Waals surface area contributed by atoms with Gasteiger partial charge in [-0.25, -0.2) is 0 Å². The van der Waals surface area contributed by atoms with E-state index in [2.05, 4.69) is 11.4 Å². The van der Waals surface area contributed by atoms with Crippen molar-refractivity contribution >= 4 is 11.8 Å². The van der Waals surface area contributed by atoms with E-state index in [4.69, 9.17) is 5.26 Å². The van der Waals surface area contributed by atoms with Gasteiger partial charge in [0.2, 0.25) is 11.8 Å². The lowest BCUT2D eigenvalue weighted by molar-refractivity contribution is -0.144. The summed E-state index contributed by atoms with van der Waals surface area (Å²) in [6, 6.07) is 21.4. The Balaban J connectivity index is 1.89. The summed E-state index contributed by atoms with van der Waals surface area (Å²) in [7, 11) is 0. The number of nitrogens with zero attached hydrogens (tertiary/aromatic N) is 2. The van der Waals surface area contributed by atoms with Crippen LogP contribution in [0.15, 0.2) is 60.7 Å². The maximum atomic E-state index is 12.9. The van der Waals surface area contributed by atoms with Crippen LogP contribution < -0.4 is 5.32 Å². The van der Waals surface area contributed by atoms with Gasteiger partial charge in [-0.15, -0.1) is 0 Å². The molecule has 3 atom stereocenters. The molecule has 5 nitrogen and oxygen atoms in total. The van der Waals surface area contributed by atoms with Crippen molar-refractivity contribution in [2.24, 2.45) is 11.8 Å². The molecule has 2 aromatic carbocycles. The fourth-order valence-electron chi connectivity index (χ4n) is 3.69. The quantitative estimate of drug-likeness (QED) is 0.840. The number of amides is 2. The van der Waals surface area contributed by atoms with Gasteiger partial charge in [-0.2, -0.15) is 5.26 Å². The number of hydrogen-bond acceptors (Lipinski definition) is 3. The molecule has 1 N–H and O–H groups in total. The molecule has 1 heterocycles. The average molecular weight is 375 g/mol. The molecule has 28 heavy (non-hydrogen) atoms. The zero-order chi connectivity index (χ0) is 19.9. The Hall–Kier alpha value is -3.13. The van der Waals surface area contributed by atoms with Gasteiger partial charge in [-0.05, 0) is 24.5 Å². The van der Waals surface area contributed by atoms with Gasteiger partial charge in [0.15, 0.2) is 0 Å². The van der Waals surface area contributed by atoms with Crippen LogP contribution in [0.2, 0.25) is 0 Å². The first-order valence-electron chi connectivity index (χ1n) is 9.66. The lowest BCUT2D eigenvalue weighted by Gasteiger charge is -2.41. The molecule has 0 aromatic heterocycles. The third-order valence-electron chi connectivity index (χ3n) is 5.18. The Bertz CT molecular complexity index is 845. The maximum Gasteiger partial charge on any atom is 0.225 e. The number of hydrogen-bond donors (Lipinski definition) is 1. The fraction of sp³-hybridized carbons (Fsp3) is 0.348. The topological polar surface area (TPSA) is 73.2 Å². The molecule has 0 aliphatic carbocycles. The predicted octanol–water partition coefficient (Wildman–Crippen LogP) is 3.44. The lowest BCUT2D eigenvalue weighted by atomic mass is 9.83. The van der Waals surface area contributed by atoms with Crippen LogP contribution in [-0.2, 0) is 16.1 Å². The summed E-state index contributed by atoms with van der Waals surface area (Å²) in [6.07, 6.45) is 0.860. The summed E-state index contributed by atoms with van der Waals surface area (Å²) in [5.41, 5.74) is 2.00. The van der Waals surface area contributed by atoms with Gasteiger partial charge in [0.05, 0.1) is 23.9 Å². The zero-order valence-electron chi connectivity index (χ0n) is 16.0. The molecule has 0 saturated carbocycles. The molecule has 144 valence electrons. The van der Waals surface area contributed by atoms with Crippen LogP contribution in [0.3, 0.4) is 0 Å². The van der Waals surface area contributed by atoms with Crippen molar-refractivity contribution < 1.29 is 9.59 Å². The number of nitrogens with one attached hydrogen (secondary N) is 1. The van der Waals surface area contributed by atoms with E-state index in [1.54, 1.807) is 6.92 Å². The average Bonchev–Trinajstić information content (AvgIpc) is 2.74. The second kappa shape index (κ2) is 9.18. The third-order valence-corrected chi connectivity index (χ3v) is 5.18. The van der Waals surface area contributed by atoms with Gasteiger partial charge in [0.25, 0.3) is 0 Å². The van der Waals surface area contributed by atoms with Gasteiger partial charge < -0.3 is 10.2 Å². The van der Waals surface area contributed by atoms with Crippen LogP contribution in [0.5, 0.6) is 0 Å². The largest absolute Gasteiger partial charge is 0.354 e. The smallest absolute Gasteiger partial charge is 0.225 e. The molecule has 1 aliphatic rings. The van der Waals surface area contributed by atoms with Crippen LogP contribution in [0.4, 0.5) is 0 Å². The van der Waals surface area contributed by atoms with Gasteiger partial charge in [-0.1, -0.05) is 60.7 Å². The van der Waals surface area contributed by atoms with E-state index >= 15 is 0 Å². The molecule has 2 aromatic rings. The molecule has 1 aliphatic heterocycles. The van der Waals surface area contributed by atoms with Gasteiger partial charge in [-0.3, -0.25) is 9.59 Å². The first-order valence-corrected chi connectivity index (χ1v) is 9.66. The molecular formula is C23H25N3O2. The van der Waals surface area contributed by atoms with Crippen LogP contribution in [0, 0.1) is 23.2 Å².